The summed E-state index contributed by atoms with van der Waals surface area (Å²) >= 11 is 8.25. The molecule has 0 saturated heterocycles. The molecule has 0 aromatic carbocycles. The van der Waals surface area contributed by atoms with Crippen molar-refractivity contribution in [3.05, 3.63) is 17.0 Å². The van der Waals surface area contributed by atoms with Gasteiger partial charge < -0.3 is 0 Å². The maximum absolute atomic E-state index is 6.29. The number of alkyl halides is 1. The SMILES string of the molecule is CCSCCn1nc(CC)c(C(C)Cl)c1CC. The minimum absolute atomic E-state index is 0.0625. The van der Waals surface area contributed by atoms with E-state index in [0.29, 0.717) is 0 Å². The molecule has 0 spiro atoms. The zero-order valence-electron chi connectivity index (χ0n) is 11.3. The number of aryl methyl sites for hydroxylation is 2. The van der Waals surface area contributed by atoms with Gasteiger partial charge in [0.15, 0.2) is 0 Å². The van der Waals surface area contributed by atoms with Crippen LogP contribution in [0.2, 0.25) is 0 Å². The summed E-state index contributed by atoms with van der Waals surface area (Å²) in [5.74, 6) is 2.30. The lowest BCUT2D eigenvalue weighted by Gasteiger charge is -2.08. The van der Waals surface area contributed by atoms with Crippen molar-refractivity contribution < 1.29 is 0 Å². The Bertz CT molecular complexity index is 347. The fourth-order valence-corrected chi connectivity index (χ4v) is 2.98. The molecule has 0 aliphatic heterocycles. The summed E-state index contributed by atoms with van der Waals surface area (Å²) in [5, 5.41) is 4.77. The Morgan fingerprint density at radius 1 is 1.29 bits per heavy atom. The first-order chi connectivity index (χ1) is 8.15. The Morgan fingerprint density at radius 2 is 2.00 bits per heavy atom. The van der Waals surface area contributed by atoms with Crippen LogP contribution in [0.15, 0.2) is 0 Å². The minimum atomic E-state index is 0.0625. The van der Waals surface area contributed by atoms with Crippen molar-refractivity contribution in [3.63, 3.8) is 0 Å². The molecule has 1 unspecified atom stereocenters. The first kappa shape index (κ1) is 14.9. The summed E-state index contributed by atoms with van der Waals surface area (Å²) in [7, 11) is 0. The van der Waals surface area contributed by atoms with Gasteiger partial charge >= 0.3 is 0 Å². The highest BCUT2D eigenvalue weighted by molar-refractivity contribution is 7.99. The summed E-state index contributed by atoms with van der Waals surface area (Å²) in [6.07, 6.45) is 1.98. The third kappa shape index (κ3) is 3.65. The van der Waals surface area contributed by atoms with Crippen LogP contribution in [-0.2, 0) is 19.4 Å². The lowest BCUT2D eigenvalue weighted by Crippen LogP contribution is -2.07. The van der Waals surface area contributed by atoms with Gasteiger partial charge in [-0.2, -0.15) is 16.9 Å². The molecule has 1 atom stereocenters. The maximum atomic E-state index is 6.29. The standard InChI is InChI=1S/C13H23ClN2S/c1-5-11-13(10(4)14)12(6-2)16(15-11)8-9-17-7-3/h10H,5-9H2,1-4H3. The van der Waals surface area contributed by atoms with Crippen molar-refractivity contribution in [2.75, 3.05) is 11.5 Å². The van der Waals surface area contributed by atoms with Crippen molar-refractivity contribution in [1.29, 1.82) is 0 Å². The van der Waals surface area contributed by atoms with Crippen LogP contribution in [0.3, 0.4) is 0 Å². The molecule has 0 aliphatic rings. The zero-order chi connectivity index (χ0) is 12.8. The van der Waals surface area contributed by atoms with Crippen LogP contribution in [0.25, 0.3) is 0 Å². The van der Waals surface area contributed by atoms with Crippen molar-refractivity contribution in [3.8, 4) is 0 Å². The van der Waals surface area contributed by atoms with Crippen molar-refractivity contribution in [1.82, 2.24) is 9.78 Å². The topological polar surface area (TPSA) is 17.8 Å². The van der Waals surface area contributed by atoms with E-state index in [4.69, 9.17) is 16.7 Å². The average Bonchev–Trinajstić information content (AvgIpc) is 2.67. The van der Waals surface area contributed by atoms with E-state index < -0.39 is 0 Å². The van der Waals surface area contributed by atoms with E-state index >= 15 is 0 Å². The number of hydrogen-bond acceptors (Lipinski definition) is 2. The molecule has 1 aromatic heterocycles. The van der Waals surface area contributed by atoms with Crippen LogP contribution in [0.1, 0.15) is 50.0 Å². The van der Waals surface area contributed by atoms with Gasteiger partial charge in [0.2, 0.25) is 0 Å². The normalized spacial score (nSPS) is 13.0. The molecule has 1 heterocycles. The predicted molar refractivity (Wildman–Crippen MR) is 78.3 cm³/mol. The number of thioether (sulfide) groups is 1. The second-order valence-corrected chi connectivity index (χ2v) is 6.10. The highest BCUT2D eigenvalue weighted by Gasteiger charge is 2.18. The van der Waals surface area contributed by atoms with Crippen LogP contribution in [0, 0.1) is 0 Å². The number of halogens is 1. The highest BCUT2D eigenvalue weighted by atomic mass is 35.5. The number of nitrogens with zero attached hydrogens (tertiary/aromatic N) is 2. The van der Waals surface area contributed by atoms with E-state index in [9.17, 15) is 0 Å². The Hall–Kier alpha value is -0.150. The van der Waals surface area contributed by atoms with Gasteiger partial charge in [0.05, 0.1) is 17.6 Å². The highest BCUT2D eigenvalue weighted by Crippen LogP contribution is 2.28. The Balaban J connectivity index is 2.96. The van der Waals surface area contributed by atoms with Crippen LogP contribution in [-0.4, -0.2) is 21.3 Å². The van der Waals surface area contributed by atoms with Crippen molar-refractivity contribution in [2.45, 2.75) is 52.5 Å². The summed E-state index contributed by atoms with van der Waals surface area (Å²) < 4.78 is 2.16. The first-order valence-electron chi connectivity index (χ1n) is 6.45. The number of rotatable bonds is 7. The number of hydrogen-bond donors (Lipinski definition) is 0. The van der Waals surface area contributed by atoms with Crippen LogP contribution < -0.4 is 0 Å². The predicted octanol–water partition coefficient (Wildman–Crippen LogP) is 4.06. The molecule has 17 heavy (non-hydrogen) atoms. The van der Waals surface area contributed by atoms with Crippen LogP contribution >= 0.6 is 23.4 Å². The minimum Gasteiger partial charge on any atom is -0.268 e. The van der Waals surface area contributed by atoms with Crippen LogP contribution in [0.4, 0.5) is 0 Å². The molecular weight excluding hydrogens is 252 g/mol. The quantitative estimate of drug-likeness (QED) is 0.551. The second kappa shape index (κ2) is 7.32. The van der Waals surface area contributed by atoms with E-state index in [1.54, 1.807) is 0 Å². The van der Waals surface area contributed by atoms with E-state index in [1.807, 2.05) is 18.7 Å². The van der Waals surface area contributed by atoms with Crippen molar-refractivity contribution in [2.24, 2.45) is 0 Å². The molecule has 4 heteroatoms. The fraction of sp³-hybridized carbons (Fsp3) is 0.769. The zero-order valence-corrected chi connectivity index (χ0v) is 12.9. The smallest absolute Gasteiger partial charge is 0.0671 e. The van der Waals surface area contributed by atoms with Gasteiger partial charge in [-0.15, -0.1) is 11.6 Å². The monoisotopic (exact) mass is 274 g/mol. The van der Waals surface area contributed by atoms with Gasteiger partial charge in [0.1, 0.15) is 0 Å². The van der Waals surface area contributed by atoms with Crippen LogP contribution in [0.5, 0.6) is 0 Å². The molecular formula is C13H23ClN2S. The van der Waals surface area contributed by atoms with Crippen molar-refractivity contribution >= 4 is 23.4 Å². The number of aromatic nitrogens is 2. The lowest BCUT2D eigenvalue weighted by molar-refractivity contribution is 0.622. The van der Waals surface area contributed by atoms with Gasteiger partial charge in [-0.05, 0) is 25.5 Å². The maximum Gasteiger partial charge on any atom is 0.0671 e. The molecule has 0 radical (unpaired) electrons. The Labute approximate surface area is 114 Å². The largest absolute Gasteiger partial charge is 0.268 e. The van der Waals surface area contributed by atoms with Gasteiger partial charge in [0, 0.05) is 17.0 Å². The Morgan fingerprint density at radius 3 is 2.47 bits per heavy atom. The molecule has 0 aliphatic carbocycles. The molecule has 0 fully saturated rings. The molecule has 2 nitrogen and oxygen atoms in total. The van der Waals surface area contributed by atoms with E-state index in [2.05, 4.69) is 25.5 Å². The lowest BCUT2D eigenvalue weighted by atomic mass is 10.1. The van der Waals surface area contributed by atoms with Gasteiger partial charge in [-0.1, -0.05) is 20.8 Å². The molecule has 0 amide bonds. The molecule has 0 saturated carbocycles. The summed E-state index contributed by atoms with van der Waals surface area (Å²) in [6, 6.07) is 0. The van der Waals surface area contributed by atoms with E-state index in [0.717, 1.165) is 25.1 Å². The molecule has 1 rings (SSSR count). The summed E-state index contributed by atoms with van der Waals surface area (Å²) in [6.45, 7) is 9.57. The molecule has 98 valence electrons. The van der Waals surface area contributed by atoms with Gasteiger partial charge in [0.25, 0.3) is 0 Å². The fourth-order valence-electron chi connectivity index (χ4n) is 2.14. The average molecular weight is 275 g/mol. The molecule has 0 N–H and O–H groups in total. The molecule has 1 aromatic rings. The first-order valence-corrected chi connectivity index (χ1v) is 8.04. The van der Waals surface area contributed by atoms with Gasteiger partial charge in [-0.3, -0.25) is 4.68 Å². The summed E-state index contributed by atoms with van der Waals surface area (Å²) in [5.41, 5.74) is 3.75. The second-order valence-electron chi connectivity index (χ2n) is 4.05. The van der Waals surface area contributed by atoms with E-state index in [-0.39, 0.29) is 5.38 Å². The molecule has 0 bridgehead atoms. The Kier molecular flexibility index (Phi) is 6.42. The third-order valence-corrected chi connectivity index (χ3v) is 3.99. The van der Waals surface area contributed by atoms with E-state index in [1.165, 1.54) is 22.7 Å². The van der Waals surface area contributed by atoms with Gasteiger partial charge in [-0.25, -0.2) is 0 Å². The summed E-state index contributed by atoms with van der Waals surface area (Å²) in [4.78, 5) is 0. The third-order valence-electron chi connectivity index (χ3n) is 2.89.